The number of likely N-dealkylation sites (tertiary alicyclic amines) is 1. The van der Waals surface area contributed by atoms with Crippen molar-refractivity contribution < 1.29 is 4.79 Å². The fraction of sp³-hybridized carbons (Fsp3) is 0.462. The third-order valence-electron chi connectivity index (χ3n) is 3.28. The van der Waals surface area contributed by atoms with Crippen LogP contribution >= 0.6 is 0 Å². The monoisotopic (exact) mass is 218 g/mol. The Labute approximate surface area is 96.2 Å². The Morgan fingerprint density at radius 2 is 2.06 bits per heavy atom. The van der Waals surface area contributed by atoms with Gasteiger partial charge >= 0.3 is 0 Å². The Bertz CT molecular complexity index is 363. The van der Waals surface area contributed by atoms with Crippen molar-refractivity contribution in [1.29, 1.82) is 0 Å². The first kappa shape index (κ1) is 11.1. The van der Waals surface area contributed by atoms with Gasteiger partial charge in [0, 0.05) is 13.1 Å². The molecule has 1 aromatic rings. The molecule has 0 spiro atoms. The van der Waals surface area contributed by atoms with Crippen LogP contribution in [0.15, 0.2) is 30.3 Å². The number of carbonyl (C=O) groups excluding carboxylic acids is 1. The first-order valence-corrected chi connectivity index (χ1v) is 5.77. The number of nitrogens with two attached hydrogens (primary N) is 1. The van der Waals surface area contributed by atoms with Gasteiger partial charge in [0.25, 0.3) is 0 Å². The third kappa shape index (κ3) is 2.25. The van der Waals surface area contributed by atoms with Crippen molar-refractivity contribution in [3.63, 3.8) is 0 Å². The zero-order valence-corrected chi connectivity index (χ0v) is 9.60. The van der Waals surface area contributed by atoms with Gasteiger partial charge in [0.1, 0.15) is 0 Å². The molecule has 2 atom stereocenters. The normalized spacial score (nSPS) is 25.9. The molecule has 0 aliphatic carbocycles. The minimum absolute atomic E-state index is 0.0857. The second-order valence-electron chi connectivity index (χ2n) is 4.54. The van der Waals surface area contributed by atoms with Gasteiger partial charge in [-0.05, 0) is 17.9 Å². The summed E-state index contributed by atoms with van der Waals surface area (Å²) in [7, 11) is 0. The van der Waals surface area contributed by atoms with Gasteiger partial charge in [0.05, 0.1) is 6.04 Å². The summed E-state index contributed by atoms with van der Waals surface area (Å²) in [5.74, 6) is 0.391. The van der Waals surface area contributed by atoms with Gasteiger partial charge in [-0.1, -0.05) is 37.3 Å². The Morgan fingerprint density at radius 1 is 1.38 bits per heavy atom. The number of amides is 1. The highest BCUT2D eigenvalue weighted by molar-refractivity contribution is 5.82. The molecule has 1 fully saturated rings. The fourth-order valence-corrected chi connectivity index (χ4v) is 2.06. The molecule has 3 nitrogen and oxygen atoms in total. The van der Waals surface area contributed by atoms with E-state index in [9.17, 15) is 4.79 Å². The van der Waals surface area contributed by atoms with E-state index in [4.69, 9.17) is 5.73 Å². The van der Waals surface area contributed by atoms with Gasteiger partial charge < -0.3 is 10.6 Å². The molecule has 1 heterocycles. The average Bonchev–Trinajstić information content (AvgIpc) is 2.31. The molecular weight excluding hydrogens is 200 g/mol. The number of piperidine rings is 1. The van der Waals surface area contributed by atoms with Gasteiger partial charge in [-0.3, -0.25) is 4.79 Å². The minimum Gasteiger partial charge on any atom is -0.337 e. The molecule has 16 heavy (non-hydrogen) atoms. The quantitative estimate of drug-likeness (QED) is 0.815. The predicted molar refractivity (Wildman–Crippen MR) is 63.6 cm³/mol. The summed E-state index contributed by atoms with van der Waals surface area (Å²) >= 11 is 0. The standard InChI is InChI=1S/C13H18N2O/c1-10-7-8-15(13(16)12(10)14)9-11-5-3-2-4-6-11/h2-6,10,12H,7-9,14H2,1H3/t10-,12?/m0/s1. The summed E-state index contributed by atoms with van der Waals surface area (Å²) in [6.07, 6.45) is 1.000. The molecule has 0 saturated carbocycles. The molecule has 1 aliphatic rings. The number of hydrogen-bond donors (Lipinski definition) is 1. The summed E-state index contributed by atoms with van der Waals surface area (Å²) in [5.41, 5.74) is 7.04. The van der Waals surface area contributed by atoms with Crippen LogP contribution < -0.4 is 5.73 Å². The number of carbonyl (C=O) groups is 1. The fourth-order valence-electron chi connectivity index (χ4n) is 2.06. The molecule has 0 aromatic heterocycles. The lowest BCUT2D eigenvalue weighted by Gasteiger charge is -2.34. The van der Waals surface area contributed by atoms with Gasteiger partial charge in [0.15, 0.2) is 0 Å². The molecule has 1 amide bonds. The number of nitrogens with zero attached hydrogens (tertiary/aromatic N) is 1. The number of benzene rings is 1. The van der Waals surface area contributed by atoms with E-state index in [1.807, 2.05) is 42.2 Å². The van der Waals surface area contributed by atoms with Gasteiger partial charge in [-0.2, -0.15) is 0 Å². The summed E-state index contributed by atoms with van der Waals surface area (Å²) in [4.78, 5) is 13.8. The van der Waals surface area contributed by atoms with Crippen LogP contribution in [-0.2, 0) is 11.3 Å². The van der Waals surface area contributed by atoms with E-state index in [0.717, 1.165) is 18.5 Å². The average molecular weight is 218 g/mol. The highest BCUT2D eigenvalue weighted by Gasteiger charge is 2.30. The van der Waals surface area contributed by atoms with Crippen LogP contribution in [0.2, 0.25) is 0 Å². The second-order valence-corrected chi connectivity index (χ2v) is 4.54. The van der Waals surface area contributed by atoms with E-state index in [-0.39, 0.29) is 11.9 Å². The molecule has 2 rings (SSSR count). The van der Waals surface area contributed by atoms with Crippen molar-refractivity contribution in [2.24, 2.45) is 11.7 Å². The maximum Gasteiger partial charge on any atom is 0.240 e. The van der Waals surface area contributed by atoms with E-state index < -0.39 is 0 Å². The Morgan fingerprint density at radius 3 is 2.75 bits per heavy atom. The summed E-state index contributed by atoms with van der Waals surface area (Å²) in [6, 6.07) is 9.72. The summed E-state index contributed by atoms with van der Waals surface area (Å²) < 4.78 is 0. The van der Waals surface area contributed by atoms with Crippen molar-refractivity contribution in [2.45, 2.75) is 25.9 Å². The van der Waals surface area contributed by atoms with Crippen molar-refractivity contribution in [3.05, 3.63) is 35.9 Å². The van der Waals surface area contributed by atoms with Crippen LogP contribution in [0.4, 0.5) is 0 Å². The van der Waals surface area contributed by atoms with Gasteiger partial charge in [-0.25, -0.2) is 0 Å². The van der Waals surface area contributed by atoms with Crippen LogP contribution in [0.3, 0.4) is 0 Å². The van der Waals surface area contributed by atoms with Crippen LogP contribution in [0, 0.1) is 5.92 Å². The lowest BCUT2D eigenvalue weighted by molar-refractivity contribution is -0.137. The molecule has 0 radical (unpaired) electrons. The zero-order chi connectivity index (χ0) is 11.5. The van der Waals surface area contributed by atoms with Gasteiger partial charge in [0.2, 0.25) is 5.91 Å². The lowest BCUT2D eigenvalue weighted by atomic mass is 9.93. The van der Waals surface area contributed by atoms with E-state index in [0.29, 0.717) is 12.5 Å². The van der Waals surface area contributed by atoms with Crippen LogP contribution in [-0.4, -0.2) is 23.4 Å². The van der Waals surface area contributed by atoms with Crippen molar-refractivity contribution >= 4 is 5.91 Å². The first-order chi connectivity index (χ1) is 7.68. The van der Waals surface area contributed by atoms with Crippen LogP contribution in [0.25, 0.3) is 0 Å². The molecule has 1 aliphatic heterocycles. The van der Waals surface area contributed by atoms with E-state index in [1.165, 1.54) is 0 Å². The van der Waals surface area contributed by atoms with Crippen molar-refractivity contribution in [3.8, 4) is 0 Å². The van der Waals surface area contributed by atoms with E-state index in [1.54, 1.807) is 0 Å². The first-order valence-electron chi connectivity index (χ1n) is 5.77. The Balaban J connectivity index is 2.03. The van der Waals surface area contributed by atoms with E-state index in [2.05, 4.69) is 0 Å². The summed E-state index contributed by atoms with van der Waals surface area (Å²) in [6.45, 7) is 3.55. The number of hydrogen-bond acceptors (Lipinski definition) is 2. The van der Waals surface area contributed by atoms with Crippen LogP contribution in [0.1, 0.15) is 18.9 Å². The Hall–Kier alpha value is -1.35. The third-order valence-corrected chi connectivity index (χ3v) is 3.28. The minimum atomic E-state index is -0.322. The SMILES string of the molecule is C[C@H]1CCN(Cc2ccccc2)C(=O)C1N. The number of rotatable bonds is 2. The maximum absolute atomic E-state index is 11.9. The molecule has 0 bridgehead atoms. The highest BCUT2D eigenvalue weighted by atomic mass is 16.2. The van der Waals surface area contributed by atoms with E-state index >= 15 is 0 Å². The molecule has 1 aromatic carbocycles. The van der Waals surface area contributed by atoms with Crippen LogP contribution in [0.5, 0.6) is 0 Å². The molecule has 1 saturated heterocycles. The van der Waals surface area contributed by atoms with Crippen molar-refractivity contribution in [1.82, 2.24) is 4.90 Å². The second kappa shape index (κ2) is 4.66. The topological polar surface area (TPSA) is 46.3 Å². The lowest BCUT2D eigenvalue weighted by Crippen LogP contribution is -2.51. The van der Waals surface area contributed by atoms with Gasteiger partial charge in [-0.15, -0.1) is 0 Å². The molecule has 2 N–H and O–H groups in total. The molecular formula is C13H18N2O. The predicted octanol–water partition coefficient (Wildman–Crippen LogP) is 1.38. The largest absolute Gasteiger partial charge is 0.337 e. The highest BCUT2D eigenvalue weighted by Crippen LogP contribution is 2.18. The zero-order valence-electron chi connectivity index (χ0n) is 9.60. The smallest absolute Gasteiger partial charge is 0.240 e. The maximum atomic E-state index is 11.9. The molecule has 1 unspecified atom stereocenters. The Kier molecular flexibility index (Phi) is 3.25. The summed E-state index contributed by atoms with van der Waals surface area (Å²) in [5, 5.41) is 0. The molecule has 3 heteroatoms. The van der Waals surface area contributed by atoms with Crippen molar-refractivity contribution in [2.75, 3.05) is 6.54 Å². The molecule has 86 valence electrons.